The van der Waals surface area contributed by atoms with Crippen molar-refractivity contribution in [1.29, 1.82) is 5.26 Å². The summed E-state index contributed by atoms with van der Waals surface area (Å²) in [6, 6.07) is 7.88. The minimum atomic E-state index is -0.829. The van der Waals surface area contributed by atoms with E-state index >= 15 is 0 Å². The van der Waals surface area contributed by atoms with Gasteiger partial charge in [-0.1, -0.05) is 26.3 Å². The van der Waals surface area contributed by atoms with Gasteiger partial charge in [0.05, 0.1) is 18.4 Å². The molecule has 1 aromatic carbocycles. The van der Waals surface area contributed by atoms with Crippen molar-refractivity contribution in [3.05, 3.63) is 23.8 Å². The third-order valence-electron chi connectivity index (χ3n) is 3.23. The van der Waals surface area contributed by atoms with Crippen LogP contribution in [0.15, 0.2) is 23.1 Å². The van der Waals surface area contributed by atoms with Crippen LogP contribution in [0.3, 0.4) is 0 Å². The first-order chi connectivity index (χ1) is 10.0. The summed E-state index contributed by atoms with van der Waals surface area (Å²) in [7, 11) is 1.38. The predicted molar refractivity (Wildman–Crippen MR) is 86.5 cm³/mol. The number of hydrogen-bond donors (Lipinski definition) is 1. The van der Waals surface area contributed by atoms with E-state index in [9.17, 15) is 10.1 Å². The average molecular weight is 306 g/mol. The second kappa shape index (κ2) is 7.94. The lowest BCUT2D eigenvalue weighted by Gasteiger charge is -2.29. The average Bonchev–Trinajstić information content (AvgIpc) is 2.47. The number of nitrogens with zero attached hydrogens (tertiary/aromatic N) is 1. The van der Waals surface area contributed by atoms with E-state index in [0.717, 1.165) is 17.1 Å². The summed E-state index contributed by atoms with van der Waals surface area (Å²) in [6.07, 6.45) is 1.47. The molecule has 0 radical (unpaired) electrons. The number of esters is 1. The molecule has 0 saturated carbocycles. The van der Waals surface area contributed by atoms with Crippen LogP contribution in [0.4, 0.5) is 5.69 Å². The Bertz CT molecular complexity index is 540. The highest BCUT2D eigenvalue weighted by atomic mass is 32.2. The molecule has 1 rings (SSSR count). The molecule has 4 nitrogen and oxygen atoms in total. The SMILES string of the molecule is CCCC(C)(Nc1cccc(SCC)c1C#N)C(=O)OC. The molecule has 1 atom stereocenters. The smallest absolute Gasteiger partial charge is 0.331 e. The minimum Gasteiger partial charge on any atom is -0.467 e. The lowest BCUT2D eigenvalue weighted by Crippen LogP contribution is -2.44. The van der Waals surface area contributed by atoms with Crippen molar-refractivity contribution in [2.24, 2.45) is 0 Å². The van der Waals surface area contributed by atoms with E-state index in [0.29, 0.717) is 17.7 Å². The Labute approximate surface area is 130 Å². The molecule has 114 valence electrons. The first-order valence-electron chi connectivity index (χ1n) is 7.04. The molecule has 0 aliphatic rings. The summed E-state index contributed by atoms with van der Waals surface area (Å²) in [5.41, 5.74) is 0.429. The monoisotopic (exact) mass is 306 g/mol. The molecule has 0 bridgehead atoms. The summed E-state index contributed by atoms with van der Waals surface area (Å²) in [5, 5.41) is 12.6. The van der Waals surface area contributed by atoms with Crippen molar-refractivity contribution in [3.8, 4) is 6.07 Å². The molecule has 0 heterocycles. The van der Waals surface area contributed by atoms with Gasteiger partial charge in [-0.05, 0) is 31.2 Å². The molecular weight excluding hydrogens is 284 g/mol. The van der Waals surface area contributed by atoms with Gasteiger partial charge >= 0.3 is 5.97 Å². The van der Waals surface area contributed by atoms with Crippen LogP contribution in [0.1, 0.15) is 39.2 Å². The second-order valence-electron chi connectivity index (χ2n) is 4.92. The maximum atomic E-state index is 12.1. The number of hydrogen-bond acceptors (Lipinski definition) is 5. The highest BCUT2D eigenvalue weighted by Gasteiger charge is 2.34. The molecule has 5 heteroatoms. The Morgan fingerprint density at radius 3 is 2.71 bits per heavy atom. The van der Waals surface area contributed by atoms with E-state index < -0.39 is 5.54 Å². The number of ether oxygens (including phenoxy) is 1. The van der Waals surface area contributed by atoms with Gasteiger partial charge in [0.15, 0.2) is 0 Å². The van der Waals surface area contributed by atoms with Crippen molar-refractivity contribution in [3.63, 3.8) is 0 Å². The summed E-state index contributed by atoms with van der Waals surface area (Å²) in [5.74, 6) is 0.572. The number of rotatable bonds is 7. The van der Waals surface area contributed by atoms with Crippen LogP contribution in [0, 0.1) is 11.3 Å². The van der Waals surface area contributed by atoms with E-state index in [1.165, 1.54) is 7.11 Å². The number of methoxy groups -OCH3 is 1. The van der Waals surface area contributed by atoms with Crippen LogP contribution < -0.4 is 5.32 Å². The van der Waals surface area contributed by atoms with Gasteiger partial charge in [-0.3, -0.25) is 0 Å². The van der Waals surface area contributed by atoms with Crippen molar-refractivity contribution >= 4 is 23.4 Å². The van der Waals surface area contributed by atoms with Crippen molar-refractivity contribution < 1.29 is 9.53 Å². The van der Waals surface area contributed by atoms with E-state index in [1.807, 2.05) is 39.0 Å². The second-order valence-corrected chi connectivity index (χ2v) is 6.23. The fourth-order valence-electron chi connectivity index (χ4n) is 2.26. The van der Waals surface area contributed by atoms with Gasteiger partial charge < -0.3 is 10.1 Å². The quantitative estimate of drug-likeness (QED) is 0.613. The van der Waals surface area contributed by atoms with Crippen LogP contribution in [-0.2, 0) is 9.53 Å². The fourth-order valence-corrected chi connectivity index (χ4v) is 3.05. The Morgan fingerprint density at radius 1 is 1.48 bits per heavy atom. The minimum absolute atomic E-state index is 0.318. The predicted octanol–water partition coefficient (Wildman–Crippen LogP) is 3.81. The van der Waals surface area contributed by atoms with E-state index in [2.05, 4.69) is 11.4 Å². The zero-order valence-electron chi connectivity index (χ0n) is 13.0. The number of carbonyl (C=O) groups excluding carboxylic acids is 1. The maximum absolute atomic E-state index is 12.1. The molecular formula is C16H22N2O2S. The highest BCUT2D eigenvalue weighted by molar-refractivity contribution is 7.99. The fraction of sp³-hybridized carbons (Fsp3) is 0.500. The summed E-state index contributed by atoms with van der Waals surface area (Å²) >= 11 is 1.62. The maximum Gasteiger partial charge on any atom is 0.331 e. The Kier molecular flexibility index (Phi) is 6.57. The van der Waals surface area contributed by atoms with Crippen LogP contribution in [-0.4, -0.2) is 24.4 Å². The Hall–Kier alpha value is -1.67. The highest BCUT2D eigenvalue weighted by Crippen LogP contribution is 2.31. The van der Waals surface area contributed by atoms with Crippen LogP contribution in [0.25, 0.3) is 0 Å². The van der Waals surface area contributed by atoms with Gasteiger partial charge in [-0.2, -0.15) is 5.26 Å². The Morgan fingerprint density at radius 2 is 2.19 bits per heavy atom. The van der Waals surface area contributed by atoms with E-state index in [1.54, 1.807) is 11.8 Å². The molecule has 1 N–H and O–H groups in total. The zero-order valence-corrected chi connectivity index (χ0v) is 13.8. The first kappa shape index (κ1) is 17.4. The lowest BCUT2D eigenvalue weighted by molar-refractivity contribution is -0.145. The third-order valence-corrected chi connectivity index (χ3v) is 4.17. The third kappa shape index (κ3) is 4.15. The van der Waals surface area contributed by atoms with Crippen LogP contribution >= 0.6 is 11.8 Å². The van der Waals surface area contributed by atoms with Gasteiger partial charge in [0.1, 0.15) is 11.6 Å². The topological polar surface area (TPSA) is 62.1 Å². The molecule has 21 heavy (non-hydrogen) atoms. The van der Waals surface area contributed by atoms with Gasteiger partial charge in [-0.25, -0.2) is 4.79 Å². The van der Waals surface area contributed by atoms with E-state index in [4.69, 9.17) is 4.74 Å². The summed E-state index contributed by atoms with van der Waals surface area (Å²) in [6.45, 7) is 5.86. The largest absolute Gasteiger partial charge is 0.467 e. The molecule has 1 aromatic rings. The molecule has 0 aromatic heterocycles. The van der Waals surface area contributed by atoms with Gasteiger partial charge in [0, 0.05) is 4.90 Å². The van der Waals surface area contributed by atoms with Gasteiger partial charge in [-0.15, -0.1) is 11.8 Å². The molecule has 0 aliphatic carbocycles. The lowest BCUT2D eigenvalue weighted by atomic mass is 9.95. The summed E-state index contributed by atoms with van der Waals surface area (Å²) < 4.78 is 4.90. The number of nitrogens with one attached hydrogen (secondary N) is 1. The van der Waals surface area contributed by atoms with Crippen LogP contribution in [0.2, 0.25) is 0 Å². The zero-order chi connectivity index (χ0) is 15.9. The number of nitriles is 1. The first-order valence-corrected chi connectivity index (χ1v) is 8.03. The van der Waals surface area contributed by atoms with Gasteiger partial charge in [0.25, 0.3) is 0 Å². The number of anilines is 1. The molecule has 0 saturated heterocycles. The van der Waals surface area contributed by atoms with Gasteiger partial charge in [0.2, 0.25) is 0 Å². The molecule has 1 unspecified atom stereocenters. The normalized spacial score (nSPS) is 13.1. The number of carbonyl (C=O) groups is 1. The van der Waals surface area contributed by atoms with E-state index in [-0.39, 0.29) is 5.97 Å². The Balaban J connectivity index is 3.18. The summed E-state index contributed by atoms with van der Waals surface area (Å²) in [4.78, 5) is 13.0. The van der Waals surface area contributed by atoms with Crippen LogP contribution in [0.5, 0.6) is 0 Å². The molecule has 0 amide bonds. The van der Waals surface area contributed by atoms with Crippen molar-refractivity contribution in [2.75, 3.05) is 18.2 Å². The molecule has 0 aliphatic heterocycles. The molecule has 0 fully saturated rings. The standard InChI is InChI=1S/C16H22N2O2S/c1-5-10-16(3,15(19)20-4)18-13-8-7-9-14(21-6-2)12(13)11-17/h7-9,18H,5-6,10H2,1-4H3. The van der Waals surface area contributed by atoms with Crippen molar-refractivity contribution in [1.82, 2.24) is 0 Å². The number of benzene rings is 1. The molecule has 0 spiro atoms. The number of thioether (sulfide) groups is 1. The van der Waals surface area contributed by atoms with Crippen molar-refractivity contribution in [2.45, 2.75) is 44.0 Å².